The summed E-state index contributed by atoms with van der Waals surface area (Å²) in [6.07, 6.45) is 3.28. The van der Waals surface area contributed by atoms with Crippen molar-refractivity contribution in [1.29, 1.82) is 0 Å². The fraction of sp³-hybridized carbons (Fsp3) is 0.286. The number of benzene rings is 1. The number of nitrogens with one attached hydrogen (secondary N) is 2. The van der Waals surface area contributed by atoms with Crippen LogP contribution in [0.25, 0.3) is 0 Å². The van der Waals surface area contributed by atoms with Crippen molar-refractivity contribution in [1.82, 2.24) is 9.97 Å². The maximum absolute atomic E-state index is 11.0. The van der Waals surface area contributed by atoms with Crippen molar-refractivity contribution in [2.24, 2.45) is 0 Å². The normalized spacial score (nSPS) is 10.2. The first-order chi connectivity index (χ1) is 10.1. The van der Waals surface area contributed by atoms with Gasteiger partial charge in [-0.3, -0.25) is 10.1 Å². The van der Waals surface area contributed by atoms with E-state index in [2.05, 4.69) is 27.5 Å². The Kier molecular flexibility index (Phi) is 4.65. The van der Waals surface area contributed by atoms with Gasteiger partial charge in [0.05, 0.1) is 4.92 Å². The van der Waals surface area contributed by atoms with Crippen LogP contribution in [0.1, 0.15) is 18.9 Å². The summed E-state index contributed by atoms with van der Waals surface area (Å²) in [4.78, 5) is 18.5. The van der Waals surface area contributed by atoms with Gasteiger partial charge in [0.15, 0.2) is 0 Å². The molecule has 110 valence electrons. The van der Waals surface area contributed by atoms with E-state index in [1.54, 1.807) is 7.05 Å². The summed E-state index contributed by atoms with van der Waals surface area (Å²) < 4.78 is 0. The van der Waals surface area contributed by atoms with Gasteiger partial charge >= 0.3 is 5.69 Å². The lowest BCUT2D eigenvalue weighted by Gasteiger charge is -2.08. The van der Waals surface area contributed by atoms with Crippen LogP contribution in [-0.4, -0.2) is 21.9 Å². The quantitative estimate of drug-likeness (QED) is 0.626. The molecule has 21 heavy (non-hydrogen) atoms. The lowest BCUT2D eigenvalue weighted by molar-refractivity contribution is -0.384. The summed E-state index contributed by atoms with van der Waals surface area (Å²) >= 11 is 0. The van der Waals surface area contributed by atoms with E-state index in [-0.39, 0.29) is 11.5 Å². The van der Waals surface area contributed by atoms with Crippen molar-refractivity contribution in [2.75, 3.05) is 17.7 Å². The zero-order valence-corrected chi connectivity index (χ0v) is 12.0. The third kappa shape index (κ3) is 3.65. The van der Waals surface area contributed by atoms with Crippen LogP contribution in [0.3, 0.4) is 0 Å². The van der Waals surface area contributed by atoms with Gasteiger partial charge in [0.1, 0.15) is 6.20 Å². The molecule has 7 heteroatoms. The highest BCUT2D eigenvalue weighted by Gasteiger charge is 2.17. The van der Waals surface area contributed by atoms with E-state index in [0.29, 0.717) is 5.95 Å². The number of aromatic nitrogens is 2. The van der Waals surface area contributed by atoms with Crippen molar-refractivity contribution in [3.05, 3.63) is 46.1 Å². The SMILES string of the molecule is CCCc1ccc(Nc2nc(NC)ncc2[N+](=O)[O-])cc1. The first-order valence-electron chi connectivity index (χ1n) is 6.69. The second-order valence-electron chi connectivity index (χ2n) is 4.51. The molecular weight excluding hydrogens is 270 g/mol. The second-order valence-corrected chi connectivity index (χ2v) is 4.51. The second kappa shape index (κ2) is 6.65. The Hall–Kier alpha value is -2.70. The first-order valence-corrected chi connectivity index (χ1v) is 6.69. The standard InChI is InChI=1S/C14H17N5O2/c1-3-4-10-5-7-11(8-6-10)17-13-12(19(20)21)9-16-14(15-2)18-13/h5-9H,3-4H2,1-2H3,(H2,15,16,17,18). The van der Waals surface area contributed by atoms with E-state index in [0.717, 1.165) is 18.5 Å². The molecule has 0 bridgehead atoms. The van der Waals surface area contributed by atoms with Crippen LogP contribution < -0.4 is 10.6 Å². The average molecular weight is 287 g/mol. The minimum absolute atomic E-state index is 0.161. The summed E-state index contributed by atoms with van der Waals surface area (Å²) in [5.41, 5.74) is 1.82. The molecule has 0 saturated carbocycles. The van der Waals surface area contributed by atoms with Gasteiger partial charge in [-0.2, -0.15) is 4.98 Å². The Labute approximate surface area is 122 Å². The molecule has 0 saturated heterocycles. The maximum atomic E-state index is 11.0. The molecule has 1 heterocycles. The van der Waals surface area contributed by atoms with Crippen LogP contribution in [0, 0.1) is 10.1 Å². The lowest BCUT2D eigenvalue weighted by atomic mass is 10.1. The van der Waals surface area contributed by atoms with Crippen LogP contribution in [0.5, 0.6) is 0 Å². The third-order valence-corrected chi connectivity index (χ3v) is 2.95. The summed E-state index contributed by atoms with van der Waals surface area (Å²) in [7, 11) is 1.66. The van der Waals surface area contributed by atoms with Crippen molar-refractivity contribution >= 4 is 23.1 Å². The molecule has 2 aromatic rings. The Bertz CT molecular complexity index is 628. The molecule has 2 rings (SSSR count). The number of nitrogens with zero attached hydrogens (tertiary/aromatic N) is 3. The summed E-state index contributed by atoms with van der Waals surface area (Å²) in [6.45, 7) is 2.12. The molecule has 0 fully saturated rings. The summed E-state index contributed by atoms with van der Waals surface area (Å²) in [6, 6.07) is 7.77. The maximum Gasteiger partial charge on any atom is 0.329 e. The van der Waals surface area contributed by atoms with Crippen LogP contribution in [-0.2, 0) is 6.42 Å². The molecule has 1 aromatic heterocycles. The van der Waals surface area contributed by atoms with Gasteiger partial charge in [-0.15, -0.1) is 0 Å². The molecule has 0 aliphatic heterocycles. The van der Waals surface area contributed by atoms with Crippen molar-refractivity contribution in [2.45, 2.75) is 19.8 Å². The molecule has 0 aliphatic carbocycles. The van der Waals surface area contributed by atoms with Gasteiger partial charge in [-0.25, -0.2) is 4.98 Å². The summed E-state index contributed by atoms with van der Waals surface area (Å²) in [5.74, 6) is 0.494. The zero-order chi connectivity index (χ0) is 15.2. The number of hydrogen-bond donors (Lipinski definition) is 2. The fourth-order valence-corrected chi connectivity index (χ4v) is 1.90. The Balaban J connectivity index is 2.26. The van der Waals surface area contributed by atoms with Gasteiger partial charge in [-0.05, 0) is 24.1 Å². The van der Waals surface area contributed by atoms with Crippen molar-refractivity contribution in [3.63, 3.8) is 0 Å². The number of aryl methyl sites for hydroxylation is 1. The van der Waals surface area contributed by atoms with E-state index in [1.807, 2.05) is 24.3 Å². The largest absolute Gasteiger partial charge is 0.357 e. The Morgan fingerprint density at radius 3 is 2.57 bits per heavy atom. The van der Waals surface area contributed by atoms with E-state index < -0.39 is 4.92 Å². The van der Waals surface area contributed by atoms with Crippen LogP contribution in [0.2, 0.25) is 0 Å². The Morgan fingerprint density at radius 1 is 1.29 bits per heavy atom. The molecule has 0 amide bonds. The molecule has 0 radical (unpaired) electrons. The van der Waals surface area contributed by atoms with Crippen LogP contribution >= 0.6 is 0 Å². The number of rotatable bonds is 6. The number of hydrogen-bond acceptors (Lipinski definition) is 6. The van der Waals surface area contributed by atoms with E-state index >= 15 is 0 Å². The fourth-order valence-electron chi connectivity index (χ4n) is 1.90. The van der Waals surface area contributed by atoms with E-state index in [1.165, 1.54) is 11.8 Å². The van der Waals surface area contributed by atoms with Gasteiger partial charge in [0.2, 0.25) is 11.8 Å². The minimum atomic E-state index is -0.507. The molecular formula is C14H17N5O2. The molecule has 0 atom stereocenters. The van der Waals surface area contributed by atoms with Crippen LogP contribution in [0.4, 0.5) is 23.1 Å². The smallest absolute Gasteiger partial charge is 0.329 e. The molecule has 1 aromatic carbocycles. The zero-order valence-electron chi connectivity index (χ0n) is 12.0. The monoisotopic (exact) mass is 287 g/mol. The number of nitro groups is 1. The van der Waals surface area contributed by atoms with E-state index in [4.69, 9.17) is 0 Å². The van der Waals surface area contributed by atoms with Crippen molar-refractivity contribution in [3.8, 4) is 0 Å². The molecule has 2 N–H and O–H groups in total. The molecule has 0 spiro atoms. The minimum Gasteiger partial charge on any atom is -0.357 e. The molecule has 0 unspecified atom stereocenters. The highest BCUT2D eigenvalue weighted by atomic mass is 16.6. The predicted molar refractivity (Wildman–Crippen MR) is 82.0 cm³/mol. The highest BCUT2D eigenvalue weighted by Crippen LogP contribution is 2.25. The van der Waals surface area contributed by atoms with Gasteiger partial charge in [-0.1, -0.05) is 25.5 Å². The summed E-state index contributed by atoms with van der Waals surface area (Å²) in [5, 5.41) is 16.7. The van der Waals surface area contributed by atoms with Gasteiger partial charge in [0, 0.05) is 12.7 Å². The Morgan fingerprint density at radius 2 is 2.00 bits per heavy atom. The van der Waals surface area contributed by atoms with Crippen molar-refractivity contribution < 1.29 is 4.92 Å². The lowest BCUT2D eigenvalue weighted by Crippen LogP contribution is -2.04. The highest BCUT2D eigenvalue weighted by molar-refractivity contribution is 5.66. The van der Waals surface area contributed by atoms with Gasteiger partial charge in [0.25, 0.3) is 0 Å². The first kappa shape index (κ1) is 14.7. The van der Waals surface area contributed by atoms with E-state index in [9.17, 15) is 10.1 Å². The number of anilines is 3. The van der Waals surface area contributed by atoms with Gasteiger partial charge < -0.3 is 10.6 Å². The molecule has 7 nitrogen and oxygen atoms in total. The topological polar surface area (TPSA) is 93.0 Å². The average Bonchev–Trinajstić information content (AvgIpc) is 2.49. The predicted octanol–water partition coefficient (Wildman–Crippen LogP) is 3.12. The third-order valence-electron chi connectivity index (χ3n) is 2.95. The molecule has 0 aliphatic rings. The van der Waals surface area contributed by atoms with Crippen LogP contribution in [0.15, 0.2) is 30.5 Å².